The first-order valence-electron chi connectivity index (χ1n) is 7.81. The van der Waals surface area contributed by atoms with Crippen LogP contribution in [-0.4, -0.2) is 15.8 Å². The molecular formula is C19H13N5O3. The van der Waals surface area contributed by atoms with E-state index >= 15 is 0 Å². The molecule has 0 spiro atoms. The van der Waals surface area contributed by atoms with Crippen molar-refractivity contribution in [3.05, 3.63) is 81.9 Å². The molecule has 3 N–H and O–H groups in total. The molecule has 0 unspecified atom stereocenters. The van der Waals surface area contributed by atoms with Crippen molar-refractivity contribution >= 4 is 23.1 Å². The topological polar surface area (TPSA) is 135 Å². The number of nitrogens with two attached hydrogens (primary N) is 1. The normalized spacial score (nSPS) is 10.0. The van der Waals surface area contributed by atoms with Gasteiger partial charge in [0.2, 0.25) is 5.69 Å². The Morgan fingerprint density at radius 3 is 2.44 bits per heavy atom. The highest BCUT2D eigenvalue weighted by atomic mass is 16.6. The molecule has 2 aromatic carbocycles. The fourth-order valence-corrected chi connectivity index (χ4v) is 2.45. The summed E-state index contributed by atoms with van der Waals surface area (Å²) in [5, 5.41) is 22.8. The molecule has 8 heteroatoms. The van der Waals surface area contributed by atoms with Crippen molar-refractivity contribution in [2.45, 2.75) is 0 Å². The minimum atomic E-state index is -0.628. The van der Waals surface area contributed by atoms with E-state index in [1.165, 1.54) is 12.1 Å². The predicted octanol–water partition coefficient (Wildman–Crippen LogP) is 3.36. The highest BCUT2D eigenvalue weighted by Crippen LogP contribution is 2.25. The van der Waals surface area contributed by atoms with Crippen molar-refractivity contribution in [2.24, 2.45) is 0 Å². The van der Waals surface area contributed by atoms with Crippen LogP contribution in [0.3, 0.4) is 0 Å². The Labute approximate surface area is 154 Å². The van der Waals surface area contributed by atoms with E-state index < -0.39 is 4.92 Å². The van der Waals surface area contributed by atoms with Crippen LogP contribution < -0.4 is 11.1 Å². The van der Waals surface area contributed by atoms with Crippen molar-refractivity contribution in [3.63, 3.8) is 0 Å². The monoisotopic (exact) mass is 359 g/mol. The molecule has 1 heterocycles. The molecule has 132 valence electrons. The summed E-state index contributed by atoms with van der Waals surface area (Å²) in [5.41, 5.74) is 8.00. The van der Waals surface area contributed by atoms with Crippen molar-refractivity contribution in [2.75, 3.05) is 11.1 Å². The third-order valence-corrected chi connectivity index (χ3v) is 3.82. The number of nitrogens with one attached hydrogen (secondary N) is 1. The molecule has 0 fully saturated rings. The van der Waals surface area contributed by atoms with Crippen LogP contribution >= 0.6 is 0 Å². The second kappa shape index (κ2) is 7.33. The summed E-state index contributed by atoms with van der Waals surface area (Å²) in [6.45, 7) is 0. The van der Waals surface area contributed by atoms with Crippen LogP contribution in [0.4, 0.5) is 17.2 Å². The molecule has 3 rings (SSSR count). The molecular weight excluding hydrogens is 346 g/mol. The highest BCUT2D eigenvalue weighted by molar-refractivity contribution is 6.05. The van der Waals surface area contributed by atoms with Crippen LogP contribution in [0.1, 0.15) is 15.9 Å². The number of hydrogen-bond acceptors (Lipinski definition) is 6. The van der Waals surface area contributed by atoms with Crippen LogP contribution in [0.2, 0.25) is 0 Å². The van der Waals surface area contributed by atoms with Gasteiger partial charge in [0.05, 0.1) is 11.4 Å². The molecule has 1 aromatic heterocycles. The van der Waals surface area contributed by atoms with E-state index in [2.05, 4.69) is 10.3 Å². The Hall–Kier alpha value is -4.25. The van der Waals surface area contributed by atoms with Gasteiger partial charge in [-0.25, -0.2) is 0 Å². The minimum absolute atomic E-state index is 0.186. The average Bonchev–Trinajstić information content (AvgIpc) is 2.69. The lowest BCUT2D eigenvalue weighted by Crippen LogP contribution is -2.13. The number of anilines is 2. The highest BCUT2D eigenvalue weighted by Gasteiger charge is 2.18. The lowest BCUT2D eigenvalue weighted by Gasteiger charge is -2.08. The zero-order valence-electron chi connectivity index (χ0n) is 13.9. The molecule has 0 aliphatic heterocycles. The smallest absolute Gasteiger partial charge is 0.364 e. The van der Waals surface area contributed by atoms with Gasteiger partial charge in [-0.3, -0.25) is 4.79 Å². The predicted molar refractivity (Wildman–Crippen MR) is 99.8 cm³/mol. The first-order chi connectivity index (χ1) is 13.0. The molecule has 3 aromatic rings. The number of rotatable bonds is 4. The molecule has 0 atom stereocenters. The van der Waals surface area contributed by atoms with Crippen LogP contribution in [0.15, 0.2) is 60.7 Å². The van der Waals surface area contributed by atoms with E-state index in [1.807, 2.05) is 6.07 Å². The largest absolute Gasteiger partial charge is 0.397 e. The average molecular weight is 359 g/mol. The zero-order valence-corrected chi connectivity index (χ0v) is 13.9. The molecule has 27 heavy (non-hydrogen) atoms. The number of aromatic nitrogens is 1. The maximum Gasteiger partial charge on any atom is 0.364 e. The number of nitrogens with zero attached hydrogens (tertiary/aromatic N) is 3. The van der Waals surface area contributed by atoms with Gasteiger partial charge in [0.25, 0.3) is 5.91 Å². The third-order valence-electron chi connectivity index (χ3n) is 3.82. The molecule has 0 saturated heterocycles. The van der Waals surface area contributed by atoms with E-state index in [-0.39, 0.29) is 23.0 Å². The van der Waals surface area contributed by atoms with Gasteiger partial charge < -0.3 is 21.2 Å². The van der Waals surface area contributed by atoms with E-state index in [0.29, 0.717) is 22.5 Å². The fourth-order valence-electron chi connectivity index (χ4n) is 2.45. The standard InChI is InChI=1S/C19H13N5O3/c20-11-14-9-10-17(24(26)27)23-18(14)12-5-7-13(8-6-12)19(25)22-16-4-2-1-3-15(16)21/h1-10H,21H2,(H,22,25). The van der Waals surface area contributed by atoms with Crippen molar-refractivity contribution in [1.82, 2.24) is 4.98 Å². The van der Waals surface area contributed by atoms with Crippen molar-refractivity contribution < 1.29 is 9.72 Å². The number of nitriles is 1. The van der Waals surface area contributed by atoms with Crippen LogP contribution in [0.5, 0.6) is 0 Å². The Kier molecular flexibility index (Phi) is 4.77. The van der Waals surface area contributed by atoms with Gasteiger partial charge in [-0.05, 0) is 52.4 Å². The first kappa shape index (κ1) is 17.6. The van der Waals surface area contributed by atoms with E-state index in [4.69, 9.17) is 5.73 Å². The van der Waals surface area contributed by atoms with Gasteiger partial charge in [0.1, 0.15) is 11.6 Å². The summed E-state index contributed by atoms with van der Waals surface area (Å²) in [6.07, 6.45) is 0. The van der Waals surface area contributed by atoms with Crippen molar-refractivity contribution in [1.29, 1.82) is 5.26 Å². The number of hydrogen-bond donors (Lipinski definition) is 2. The Morgan fingerprint density at radius 2 is 1.81 bits per heavy atom. The van der Waals surface area contributed by atoms with Gasteiger partial charge in [0.15, 0.2) is 0 Å². The minimum Gasteiger partial charge on any atom is -0.397 e. The fraction of sp³-hybridized carbons (Fsp3) is 0. The zero-order chi connectivity index (χ0) is 19.4. The van der Waals surface area contributed by atoms with Gasteiger partial charge in [-0.15, -0.1) is 0 Å². The van der Waals surface area contributed by atoms with Crippen molar-refractivity contribution in [3.8, 4) is 17.3 Å². The third kappa shape index (κ3) is 3.72. The van der Waals surface area contributed by atoms with Gasteiger partial charge in [-0.1, -0.05) is 12.1 Å². The maximum atomic E-state index is 12.4. The molecule has 0 aliphatic rings. The summed E-state index contributed by atoms with van der Waals surface area (Å²) in [4.78, 5) is 26.6. The van der Waals surface area contributed by atoms with E-state index in [9.17, 15) is 20.2 Å². The second-order valence-corrected chi connectivity index (χ2v) is 5.55. The Bertz CT molecular complexity index is 1070. The second-order valence-electron chi connectivity index (χ2n) is 5.55. The molecule has 8 nitrogen and oxygen atoms in total. The van der Waals surface area contributed by atoms with E-state index in [0.717, 1.165) is 0 Å². The first-order valence-corrected chi connectivity index (χ1v) is 7.81. The van der Waals surface area contributed by atoms with Crippen LogP contribution in [0.25, 0.3) is 11.3 Å². The summed E-state index contributed by atoms with van der Waals surface area (Å²) in [6, 6.07) is 17.6. The number of pyridine rings is 1. The number of para-hydroxylation sites is 2. The molecule has 0 bridgehead atoms. The summed E-state index contributed by atoms with van der Waals surface area (Å²) in [7, 11) is 0. The maximum absolute atomic E-state index is 12.4. The summed E-state index contributed by atoms with van der Waals surface area (Å²) < 4.78 is 0. The number of amides is 1. The van der Waals surface area contributed by atoms with Crippen LogP contribution in [0, 0.1) is 21.4 Å². The number of nitro groups is 1. The molecule has 0 radical (unpaired) electrons. The van der Waals surface area contributed by atoms with Gasteiger partial charge >= 0.3 is 5.82 Å². The molecule has 1 amide bonds. The number of nitrogen functional groups attached to an aromatic ring is 1. The summed E-state index contributed by atoms with van der Waals surface area (Å²) >= 11 is 0. The van der Waals surface area contributed by atoms with E-state index in [1.54, 1.807) is 48.5 Å². The molecule has 0 aliphatic carbocycles. The van der Waals surface area contributed by atoms with Gasteiger partial charge in [-0.2, -0.15) is 5.26 Å². The van der Waals surface area contributed by atoms with Crippen LogP contribution in [-0.2, 0) is 0 Å². The Balaban J connectivity index is 1.89. The Morgan fingerprint density at radius 1 is 1.11 bits per heavy atom. The van der Waals surface area contributed by atoms with Gasteiger partial charge in [0, 0.05) is 17.2 Å². The quantitative estimate of drug-likeness (QED) is 0.416. The molecule has 0 saturated carbocycles. The number of carbonyl (C=O) groups excluding carboxylic acids is 1. The number of benzene rings is 2. The lowest BCUT2D eigenvalue weighted by molar-refractivity contribution is -0.389. The number of carbonyl (C=O) groups is 1. The summed E-state index contributed by atoms with van der Waals surface area (Å²) in [5.74, 6) is -0.711. The SMILES string of the molecule is N#Cc1ccc([N+](=O)[O-])nc1-c1ccc(C(=O)Nc2ccccc2N)cc1. The lowest BCUT2D eigenvalue weighted by atomic mass is 10.0.